The van der Waals surface area contributed by atoms with Crippen molar-refractivity contribution in [1.82, 2.24) is 10.2 Å². The molecular formula is C18H28N2O4. The van der Waals surface area contributed by atoms with Gasteiger partial charge < -0.3 is 19.7 Å². The zero-order chi connectivity index (χ0) is 17.9. The van der Waals surface area contributed by atoms with Gasteiger partial charge in [0.1, 0.15) is 0 Å². The normalized spacial score (nSPS) is 10.4. The largest absolute Gasteiger partial charge is 0.493 e. The minimum atomic E-state index is -0.228. The standard InChI is InChI=1S/C18H28N2O4/c1-14(2)9-11-20(15(3)21)12-10-19-18(22)13-24-17-8-6-5-7-16(17)23-4/h5-8,14H,9-13H2,1-4H3,(H,19,22). The minimum Gasteiger partial charge on any atom is -0.493 e. The predicted molar refractivity (Wildman–Crippen MR) is 93.2 cm³/mol. The molecule has 1 N–H and O–H groups in total. The Hall–Kier alpha value is -2.24. The number of para-hydroxylation sites is 2. The second-order valence-electron chi connectivity index (χ2n) is 5.98. The lowest BCUT2D eigenvalue weighted by Crippen LogP contribution is -2.39. The highest BCUT2D eigenvalue weighted by molar-refractivity contribution is 5.77. The maximum absolute atomic E-state index is 11.9. The lowest BCUT2D eigenvalue weighted by molar-refractivity contribution is -0.129. The summed E-state index contributed by atoms with van der Waals surface area (Å²) in [6, 6.07) is 7.16. The average molecular weight is 336 g/mol. The Morgan fingerprint density at radius 2 is 1.83 bits per heavy atom. The fraction of sp³-hybridized carbons (Fsp3) is 0.556. The number of hydrogen-bond donors (Lipinski definition) is 1. The Kier molecular flexibility index (Phi) is 8.68. The van der Waals surface area contributed by atoms with Crippen LogP contribution < -0.4 is 14.8 Å². The van der Waals surface area contributed by atoms with E-state index in [1.165, 1.54) is 0 Å². The summed E-state index contributed by atoms with van der Waals surface area (Å²) in [7, 11) is 1.55. The Bertz CT molecular complexity index is 532. The molecule has 0 aliphatic carbocycles. The number of methoxy groups -OCH3 is 1. The van der Waals surface area contributed by atoms with Crippen LogP contribution in [0.2, 0.25) is 0 Å². The first-order chi connectivity index (χ1) is 11.4. The van der Waals surface area contributed by atoms with Crippen LogP contribution in [-0.2, 0) is 9.59 Å². The van der Waals surface area contributed by atoms with Crippen LogP contribution in [0.5, 0.6) is 11.5 Å². The Morgan fingerprint density at radius 1 is 1.17 bits per heavy atom. The summed E-state index contributed by atoms with van der Waals surface area (Å²) < 4.78 is 10.6. The maximum atomic E-state index is 11.9. The molecule has 0 fully saturated rings. The van der Waals surface area contributed by atoms with Gasteiger partial charge in [-0.1, -0.05) is 26.0 Å². The van der Waals surface area contributed by atoms with Gasteiger partial charge in [-0.3, -0.25) is 9.59 Å². The van der Waals surface area contributed by atoms with Crippen molar-refractivity contribution in [1.29, 1.82) is 0 Å². The summed E-state index contributed by atoms with van der Waals surface area (Å²) in [5.41, 5.74) is 0. The fourth-order valence-electron chi connectivity index (χ4n) is 2.10. The van der Waals surface area contributed by atoms with Gasteiger partial charge in [0, 0.05) is 26.6 Å². The lowest BCUT2D eigenvalue weighted by atomic mass is 10.1. The molecule has 1 aromatic rings. The number of nitrogens with zero attached hydrogens (tertiary/aromatic N) is 1. The molecule has 0 atom stereocenters. The second-order valence-corrected chi connectivity index (χ2v) is 5.98. The van der Waals surface area contributed by atoms with Gasteiger partial charge in [0.05, 0.1) is 7.11 Å². The first kappa shape index (κ1) is 19.8. The van der Waals surface area contributed by atoms with Gasteiger partial charge in [-0.15, -0.1) is 0 Å². The van der Waals surface area contributed by atoms with Crippen LogP contribution >= 0.6 is 0 Å². The van der Waals surface area contributed by atoms with Gasteiger partial charge in [-0.25, -0.2) is 0 Å². The van der Waals surface area contributed by atoms with Crippen LogP contribution in [-0.4, -0.2) is 50.1 Å². The molecule has 0 unspecified atom stereocenters. The van der Waals surface area contributed by atoms with Crippen molar-refractivity contribution in [2.24, 2.45) is 5.92 Å². The van der Waals surface area contributed by atoms with Gasteiger partial charge in [-0.2, -0.15) is 0 Å². The molecule has 0 aromatic heterocycles. The number of carbonyl (C=O) groups is 2. The summed E-state index contributed by atoms with van der Waals surface area (Å²) in [5.74, 6) is 1.44. The van der Waals surface area contributed by atoms with E-state index in [9.17, 15) is 9.59 Å². The van der Waals surface area contributed by atoms with Crippen molar-refractivity contribution < 1.29 is 19.1 Å². The van der Waals surface area contributed by atoms with Crippen molar-refractivity contribution in [3.63, 3.8) is 0 Å². The van der Waals surface area contributed by atoms with E-state index >= 15 is 0 Å². The molecule has 0 bridgehead atoms. The van der Waals surface area contributed by atoms with Crippen molar-refractivity contribution in [2.45, 2.75) is 27.2 Å². The van der Waals surface area contributed by atoms with Gasteiger partial charge in [-0.05, 0) is 24.5 Å². The molecule has 134 valence electrons. The van der Waals surface area contributed by atoms with Crippen molar-refractivity contribution in [3.8, 4) is 11.5 Å². The van der Waals surface area contributed by atoms with Crippen molar-refractivity contribution in [2.75, 3.05) is 33.4 Å². The minimum absolute atomic E-state index is 0.0233. The summed E-state index contributed by atoms with van der Waals surface area (Å²) in [4.78, 5) is 25.2. The van der Waals surface area contributed by atoms with Crippen LogP contribution in [0.3, 0.4) is 0 Å². The molecule has 2 amide bonds. The molecule has 0 saturated heterocycles. The highest BCUT2D eigenvalue weighted by Gasteiger charge is 2.11. The third kappa shape index (κ3) is 7.35. The Balaban J connectivity index is 2.33. The van der Waals surface area contributed by atoms with Crippen LogP contribution in [0.25, 0.3) is 0 Å². The molecule has 0 heterocycles. The number of rotatable bonds is 10. The average Bonchev–Trinajstić information content (AvgIpc) is 2.55. The molecule has 6 nitrogen and oxygen atoms in total. The number of ether oxygens (including phenoxy) is 2. The van der Waals surface area contributed by atoms with Crippen LogP contribution in [0, 0.1) is 5.92 Å². The number of amides is 2. The van der Waals surface area contributed by atoms with Crippen LogP contribution in [0.15, 0.2) is 24.3 Å². The van der Waals surface area contributed by atoms with E-state index in [-0.39, 0.29) is 18.4 Å². The van der Waals surface area contributed by atoms with Crippen molar-refractivity contribution >= 4 is 11.8 Å². The highest BCUT2D eigenvalue weighted by atomic mass is 16.5. The second kappa shape index (κ2) is 10.5. The van der Waals surface area contributed by atoms with E-state index in [1.807, 2.05) is 12.1 Å². The van der Waals surface area contributed by atoms with E-state index in [0.29, 0.717) is 37.1 Å². The van der Waals surface area contributed by atoms with E-state index in [4.69, 9.17) is 9.47 Å². The number of hydrogen-bond acceptors (Lipinski definition) is 4. The molecule has 1 rings (SSSR count). The van der Waals surface area contributed by atoms with Gasteiger partial charge >= 0.3 is 0 Å². The Morgan fingerprint density at radius 3 is 2.42 bits per heavy atom. The maximum Gasteiger partial charge on any atom is 0.258 e. The molecule has 0 aliphatic heterocycles. The SMILES string of the molecule is COc1ccccc1OCC(=O)NCCN(CCC(C)C)C(C)=O. The number of carbonyl (C=O) groups excluding carboxylic acids is 2. The molecule has 0 spiro atoms. The number of benzene rings is 1. The molecular weight excluding hydrogens is 308 g/mol. The topological polar surface area (TPSA) is 67.9 Å². The summed E-state index contributed by atoms with van der Waals surface area (Å²) in [6.07, 6.45) is 0.949. The smallest absolute Gasteiger partial charge is 0.258 e. The molecule has 1 aromatic carbocycles. The van der Waals surface area contributed by atoms with Gasteiger partial charge in [0.25, 0.3) is 5.91 Å². The van der Waals surface area contributed by atoms with Gasteiger partial charge in [0.2, 0.25) is 5.91 Å². The molecule has 0 aliphatic rings. The lowest BCUT2D eigenvalue weighted by Gasteiger charge is -2.22. The molecule has 0 saturated carbocycles. The highest BCUT2D eigenvalue weighted by Crippen LogP contribution is 2.25. The number of nitrogens with one attached hydrogen (secondary N) is 1. The van der Waals surface area contributed by atoms with E-state index in [1.54, 1.807) is 31.1 Å². The van der Waals surface area contributed by atoms with E-state index in [2.05, 4.69) is 19.2 Å². The quantitative estimate of drug-likeness (QED) is 0.710. The molecule has 0 radical (unpaired) electrons. The monoisotopic (exact) mass is 336 g/mol. The zero-order valence-electron chi connectivity index (χ0n) is 15.0. The van der Waals surface area contributed by atoms with Crippen LogP contribution in [0.1, 0.15) is 27.2 Å². The summed E-state index contributed by atoms with van der Waals surface area (Å²) in [6.45, 7) is 7.32. The van der Waals surface area contributed by atoms with E-state index in [0.717, 1.165) is 6.42 Å². The molecule has 6 heteroatoms. The van der Waals surface area contributed by atoms with Crippen molar-refractivity contribution in [3.05, 3.63) is 24.3 Å². The third-order valence-corrected chi connectivity index (χ3v) is 3.55. The summed E-state index contributed by atoms with van der Waals surface area (Å²) >= 11 is 0. The molecule has 24 heavy (non-hydrogen) atoms. The van der Waals surface area contributed by atoms with E-state index < -0.39 is 0 Å². The Labute approximate surface area is 144 Å². The third-order valence-electron chi connectivity index (χ3n) is 3.55. The van der Waals surface area contributed by atoms with Gasteiger partial charge in [0.15, 0.2) is 18.1 Å². The zero-order valence-corrected chi connectivity index (χ0v) is 15.0. The summed E-state index contributed by atoms with van der Waals surface area (Å²) in [5, 5.41) is 2.76. The van der Waals surface area contributed by atoms with Crippen LogP contribution in [0.4, 0.5) is 0 Å². The fourth-order valence-corrected chi connectivity index (χ4v) is 2.10. The predicted octanol–water partition coefficient (Wildman–Crippen LogP) is 2.08. The first-order valence-corrected chi connectivity index (χ1v) is 8.22. The first-order valence-electron chi connectivity index (χ1n) is 8.22.